The van der Waals surface area contributed by atoms with Gasteiger partial charge in [-0.2, -0.15) is 0 Å². The lowest BCUT2D eigenvalue weighted by atomic mass is 9.99. The Labute approximate surface area is 126 Å². The standard InChI is InChI=1S/C17H23N3O/c1-4-13-5-7-14(8-6-13)17(20-18)15-9-16(11-19-10-15)21-12(2)3/h5-12,17,20H,4,18H2,1-3H3. The van der Waals surface area contributed by atoms with E-state index in [1.807, 2.05) is 26.1 Å². The molecule has 1 aromatic heterocycles. The van der Waals surface area contributed by atoms with Crippen LogP contribution in [-0.4, -0.2) is 11.1 Å². The first kappa shape index (κ1) is 15.5. The van der Waals surface area contributed by atoms with Crippen molar-refractivity contribution in [2.75, 3.05) is 0 Å². The van der Waals surface area contributed by atoms with Gasteiger partial charge in [0, 0.05) is 6.20 Å². The summed E-state index contributed by atoms with van der Waals surface area (Å²) in [4.78, 5) is 4.25. The van der Waals surface area contributed by atoms with Crippen LogP contribution in [0.3, 0.4) is 0 Å². The Hall–Kier alpha value is -1.91. The topological polar surface area (TPSA) is 60.2 Å². The maximum atomic E-state index is 5.74. The van der Waals surface area contributed by atoms with E-state index in [0.29, 0.717) is 0 Å². The number of hydrogen-bond donors (Lipinski definition) is 2. The van der Waals surface area contributed by atoms with Crippen molar-refractivity contribution in [2.24, 2.45) is 5.84 Å². The van der Waals surface area contributed by atoms with Crippen molar-refractivity contribution in [3.8, 4) is 5.75 Å². The maximum Gasteiger partial charge on any atom is 0.138 e. The van der Waals surface area contributed by atoms with Crippen LogP contribution in [-0.2, 0) is 6.42 Å². The normalized spacial score (nSPS) is 12.4. The van der Waals surface area contributed by atoms with Crippen LogP contribution >= 0.6 is 0 Å². The lowest BCUT2D eigenvalue weighted by molar-refractivity contribution is 0.241. The van der Waals surface area contributed by atoms with Gasteiger partial charge in [-0.25, -0.2) is 5.43 Å². The molecule has 21 heavy (non-hydrogen) atoms. The first-order valence-electron chi connectivity index (χ1n) is 7.30. The molecule has 112 valence electrons. The quantitative estimate of drug-likeness (QED) is 0.633. The van der Waals surface area contributed by atoms with Crippen LogP contribution in [0.5, 0.6) is 5.75 Å². The smallest absolute Gasteiger partial charge is 0.138 e. The molecule has 0 saturated heterocycles. The highest BCUT2D eigenvalue weighted by Crippen LogP contribution is 2.24. The van der Waals surface area contributed by atoms with Crippen LogP contribution in [0.2, 0.25) is 0 Å². The zero-order valence-corrected chi connectivity index (χ0v) is 12.8. The van der Waals surface area contributed by atoms with Gasteiger partial charge in [-0.05, 0) is 43.0 Å². The van der Waals surface area contributed by atoms with Gasteiger partial charge < -0.3 is 4.74 Å². The molecule has 1 aromatic carbocycles. The Morgan fingerprint density at radius 1 is 1.14 bits per heavy atom. The molecule has 0 amide bonds. The van der Waals surface area contributed by atoms with Crippen LogP contribution in [0, 0.1) is 0 Å². The fourth-order valence-electron chi connectivity index (χ4n) is 2.26. The van der Waals surface area contributed by atoms with E-state index in [9.17, 15) is 0 Å². The Morgan fingerprint density at radius 2 is 1.86 bits per heavy atom. The molecule has 0 saturated carbocycles. The van der Waals surface area contributed by atoms with Gasteiger partial charge in [-0.3, -0.25) is 10.8 Å². The summed E-state index contributed by atoms with van der Waals surface area (Å²) in [6, 6.07) is 10.3. The number of benzene rings is 1. The third kappa shape index (κ3) is 4.03. The number of aromatic nitrogens is 1. The summed E-state index contributed by atoms with van der Waals surface area (Å²) in [6.07, 6.45) is 4.68. The number of nitrogens with two attached hydrogens (primary N) is 1. The van der Waals surface area contributed by atoms with E-state index in [-0.39, 0.29) is 12.1 Å². The van der Waals surface area contributed by atoms with Gasteiger partial charge in [0.05, 0.1) is 18.3 Å². The number of pyridine rings is 1. The number of nitrogens with zero attached hydrogens (tertiary/aromatic N) is 1. The molecule has 3 N–H and O–H groups in total. The Balaban J connectivity index is 2.27. The molecular formula is C17H23N3O. The first-order valence-corrected chi connectivity index (χ1v) is 7.30. The van der Waals surface area contributed by atoms with Crippen molar-refractivity contribution in [3.05, 3.63) is 59.4 Å². The molecule has 0 radical (unpaired) electrons. The van der Waals surface area contributed by atoms with E-state index in [2.05, 4.69) is 41.6 Å². The number of rotatable bonds is 6. The van der Waals surface area contributed by atoms with Crippen molar-refractivity contribution >= 4 is 0 Å². The molecule has 1 unspecified atom stereocenters. The summed E-state index contributed by atoms with van der Waals surface area (Å²) in [6.45, 7) is 6.13. The number of nitrogens with one attached hydrogen (secondary N) is 1. The lowest BCUT2D eigenvalue weighted by Crippen LogP contribution is -2.29. The molecule has 2 aromatic rings. The minimum atomic E-state index is -0.0980. The molecule has 2 rings (SSSR count). The fraction of sp³-hybridized carbons (Fsp3) is 0.353. The highest BCUT2D eigenvalue weighted by atomic mass is 16.5. The minimum Gasteiger partial charge on any atom is -0.489 e. The van der Waals surface area contributed by atoms with Gasteiger partial charge in [0.1, 0.15) is 5.75 Å². The van der Waals surface area contributed by atoms with Gasteiger partial charge >= 0.3 is 0 Å². The fourth-order valence-corrected chi connectivity index (χ4v) is 2.26. The van der Waals surface area contributed by atoms with Crippen molar-refractivity contribution in [1.82, 2.24) is 10.4 Å². The second-order valence-corrected chi connectivity index (χ2v) is 5.32. The van der Waals surface area contributed by atoms with Crippen LogP contribution in [0.1, 0.15) is 43.5 Å². The Kier molecular flexibility index (Phi) is 5.31. The van der Waals surface area contributed by atoms with Gasteiger partial charge in [0.25, 0.3) is 0 Å². The number of hydrogen-bond acceptors (Lipinski definition) is 4. The maximum absolute atomic E-state index is 5.74. The summed E-state index contributed by atoms with van der Waals surface area (Å²) in [5.41, 5.74) is 6.26. The molecule has 0 aliphatic carbocycles. The number of ether oxygens (including phenoxy) is 1. The number of aryl methyl sites for hydroxylation is 1. The Morgan fingerprint density at radius 3 is 2.43 bits per heavy atom. The van der Waals surface area contributed by atoms with Crippen molar-refractivity contribution in [3.63, 3.8) is 0 Å². The lowest BCUT2D eigenvalue weighted by Gasteiger charge is -2.18. The molecular weight excluding hydrogens is 262 g/mol. The van der Waals surface area contributed by atoms with Crippen LogP contribution in [0.15, 0.2) is 42.7 Å². The van der Waals surface area contributed by atoms with Crippen molar-refractivity contribution in [1.29, 1.82) is 0 Å². The van der Waals surface area contributed by atoms with Gasteiger partial charge in [-0.15, -0.1) is 0 Å². The molecule has 0 spiro atoms. The molecule has 1 heterocycles. The van der Waals surface area contributed by atoms with Crippen molar-refractivity contribution < 1.29 is 4.74 Å². The third-order valence-corrected chi connectivity index (χ3v) is 3.33. The number of hydrazine groups is 1. The van der Waals surface area contributed by atoms with E-state index >= 15 is 0 Å². The van der Waals surface area contributed by atoms with E-state index in [4.69, 9.17) is 10.6 Å². The molecule has 4 heteroatoms. The SMILES string of the molecule is CCc1ccc(C(NN)c2cncc(OC(C)C)c2)cc1. The van der Waals surface area contributed by atoms with Gasteiger partial charge in [0.2, 0.25) is 0 Å². The van der Waals surface area contributed by atoms with Crippen LogP contribution < -0.4 is 16.0 Å². The van der Waals surface area contributed by atoms with Crippen LogP contribution in [0.25, 0.3) is 0 Å². The zero-order valence-electron chi connectivity index (χ0n) is 12.8. The average Bonchev–Trinajstić information content (AvgIpc) is 2.48. The molecule has 0 aliphatic rings. The van der Waals surface area contributed by atoms with Gasteiger partial charge in [-0.1, -0.05) is 31.2 Å². The Bertz CT molecular complexity index is 567. The van der Waals surface area contributed by atoms with E-state index in [1.165, 1.54) is 5.56 Å². The summed E-state index contributed by atoms with van der Waals surface area (Å²) in [5, 5.41) is 0. The van der Waals surface area contributed by atoms with Gasteiger partial charge in [0.15, 0.2) is 0 Å². The first-order chi connectivity index (χ1) is 10.1. The van der Waals surface area contributed by atoms with E-state index < -0.39 is 0 Å². The predicted octanol–water partition coefficient (Wildman–Crippen LogP) is 2.98. The zero-order chi connectivity index (χ0) is 15.2. The van der Waals surface area contributed by atoms with E-state index in [0.717, 1.165) is 23.3 Å². The van der Waals surface area contributed by atoms with Crippen molar-refractivity contribution in [2.45, 2.75) is 39.3 Å². The minimum absolute atomic E-state index is 0.0980. The summed E-state index contributed by atoms with van der Waals surface area (Å²) < 4.78 is 5.69. The monoisotopic (exact) mass is 285 g/mol. The third-order valence-electron chi connectivity index (χ3n) is 3.33. The van der Waals surface area contributed by atoms with Crippen LogP contribution in [0.4, 0.5) is 0 Å². The molecule has 4 nitrogen and oxygen atoms in total. The van der Waals surface area contributed by atoms with E-state index in [1.54, 1.807) is 6.20 Å². The molecule has 0 fully saturated rings. The molecule has 0 bridgehead atoms. The largest absolute Gasteiger partial charge is 0.489 e. The summed E-state index contributed by atoms with van der Waals surface area (Å²) in [7, 11) is 0. The summed E-state index contributed by atoms with van der Waals surface area (Å²) >= 11 is 0. The highest BCUT2D eigenvalue weighted by Gasteiger charge is 2.14. The second-order valence-electron chi connectivity index (χ2n) is 5.32. The molecule has 0 aliphatic heterocycles. The predicted molar refractivity (Wildman–Crippen MR) is 85.0 cm³/mol. The summed E-state index contributed by atoms with van der Waals surface area (Å²) in [5.74, 6) is 6.50. The molecule has 1 atom stereocenters. The average molecular weight is 285 g/mol. The highest BCUT2D eigenvalue weighted by molar-refractivity contribution is 5.35. The second kappa shape index (κ2) is 7.20.